The van der Waals surface area contributed by atoms with Crippen molar-refractivity contribution in [2.75, 3.05) is 0 Å². The molecule has 0 atom stereocenters. The van der Waals surface area contributed by atoms with Crippen molar-refractivity contribution < 1.29 is 0 Å². The molecular formula is C8H6BrN. The number of rotatable bonds is 0. The summed E-state index contributed by atoms with van der Waals surface area (Å²) in [5.74, 6) is 0. The second-order valence-corrected chi connectivity index (χ2v) is 3.13. The molecule has 10 heavy (non-hydrogen) atoms. The fraction of sp³-hybridized carbons (Fsp3) is 0.125. The highest BCUT2D eigenvalue weighted by molar-refractivity contribution is 9.10. The number of fused-ring (bicyclic) bond motifs is 1. The molecule has 0 N–H and O–H groups in total. The minimum Gasteiger partial charge on any atom is -0.288 e. The Morgan fingerprint density at radius 1 is 1.40 bits per heavy atom. The molecule has 0 aromatic heterocycles. The van der Waals surface area contributed by atoms with Crippen molar-refractivity contribution in [2.24, 2.45) is 4.99 Å². The lowest BCUT2D eigenvalue weighted by Gasteiger charge is -1.97. The zero-order chi connectivity index (χ0) is 6.97. The van der Waals surface area contributed by atoms with Crippen LogP contribution in [-0.2, 0) is 6.54 Å². The van der Waals surface area contributed by atoms with Crippen LogP contribution < -0.4 is 0 Å². The van der Waals surface area contributed by atoms with Crippen molar-refractivity contribution in [3.05, 3.63) is 33.8 Å². The minimum absolute atomic E-state index is 0.830. The van der Waals surface area contributed by atoms with Gasteiger partial charge in [-0.05, 0) is 17.2 Å². The Morgan fingerprint density at radius 2 is 2.30 bits per heavy atom. The van der Waals surface area contributed by atoms with Crippen molar-refractivity contribution in [1.82, 2.24) is 0 Å². The molecule has 0 bridgehead atoms. The van der Waals surface area contributed by atoms with Crippen LogP contribution in [0.4, 0.5) is 0 Å². The maximum absolute atomic E-state index is 4.16. The molecule has 0 saturated heterocycles. The van der Waals surface area contributed by atoms with Crippen molar-refractivity contribution in [3.63, 3.8) is 0 Å². The summed E-state index contributed by atoms with van der Waals surface area (Å²) in [6.45, 7) is 0.830. The van der Waals surface area contributed by atoms with Gasteiger partial charge in [0.05, 0.1) is 6.54 Å². The third-order valence-corrected chi connectivity index (χ3v) is 2.38. The van der Waals surface area contributed by atoms with Crippen LogP contribution in [0.1, 0.15) is 11.1 Å². The summed E-state index contributed by atoms with van der Waals surface area (Å²) in [5, 5.41) is 0. The van der Waals surface area contributed by atoms with E-state index in [-0.39, 0.29) is 0 Å². The average molecular weight is 196 g/mol. The lowest BCUT2D eigenvalue weighted by Crippen LogP contribution is -1.83. The highest BCUT2D eigenvalue weighted by Gasteiger charge is 2.07. The molecule has 0 unspecified atom stereocenters. The van der Waals surface area contributed by atoms with Gasteiger partial charge in [-0.2, -0.15) is 0 Å². The summed E-state index contributed by atoms with van der Waals surface area (Å²) in [6, 6.07) is 6.16. The third kappa shape index (κ3) is 0.797. The zero-order valence-corrected chi connectivity index (χ0v) is 6.93. The minimum atomic E-state index is 0.830. The van der Waals surface area contributed by atoms with Gasteiger partial charge in [-0.25, -0.2) is 0 Å². The summed E-state index contributed by atoms with van der Waals surface area (Å²) < 4.78 is 1.17. The van der Waals surface area contributed by atoms with Crippen LogP contribution in [0, 0.1) is 0 Å². The lowest BCUT2D eigenvalue weighted by atomic mass is 10.1. The molecule has 1 aliphatic heterocycles. The van der Waals surface area contributed by atoms with E-state index in [4.69, 9.17) is 0 Å². The van der Waals surface area contributed by atoms with Crippen molar-refractivity contribution in [2.45, 2.75) is 6.54 Å². The topological polar surface area (TPSA) is 12.4 Å². The molecule has 1 heterocycles. The van der Waals surface area contributed by atoms with E-state index in [9.17, 15) is 0 Å². The largest absolute Gasteiger partial charge is 0.288 e. The van der Waals surface area contributed by atoms with Gasteiger partial charge < -0.3 is 0 Å². The molecular weight excluding hydrogens is 190 g/mol. The van der Waals surface area contributed by atoms with Gasteiger partial charge in [-0.15, -0.1) is 0 Å². The van der Waals surface area contributed by atoms with E-state index in [1.807, 2.05) is 18.3 Å². The van der Waals surface area contributed by atoms with Gasteiger partial charge in [0, 0.05) is 10.7 Å². The van der Waals surface area contributed by atoms with E-state index in [1.54, 1.807) is 0 Å². The first kappa shape index (κ1) is 6.10. The molecule has 0 fully saturated rings. The third-order valence-electron chi connectivity index (χ3n) is 1.63. The van der Waals surface area contributed by atoms with Gasteiger partial charge in [0.2, 0.25) is 0 Å². The van der Waals surface area contributed by atoms with E-state index in [2.05, 4.69) is 27.0 Å². The van der Waals surface area contributed by atoms with Gasteiger partial charge >= 0.3 is 0 Å². The van der Waals surface area contributed by atoms with Crippen LogP contribution in [0.2, 0.25) is 0 Å². The van der Waals surface area contributed by atoms with Crippen molar-refractivity contribution in [3.8, 4) is 0 Å². The first-order valence-corrected chi connectivity index (χ1v) is 3.94. The molecule has 1 aromatic rings. The summed E-state index contributed by atoms with van der Waals surface area (Å²) in [7, 11) is 0. The summed E-state index contributed by atoms with van der Waals surface area (Å²) in [4.78, 5) is 4.16. The van der Waals surface area contributed by atoms with Crippen LogP contribution in [0.25, 0.3) is 0 Å². The van der Waals surface area contributed by atoms with Gasteiger partial charge in [0.15, 0.2) is 0 Å². The molecule has 2 heteroatoms. The van der Waals surface area contributed by atoms with E-state index < -0.39 is 0 Å². The number of hydrogen-bond donors (Lipinski definition) is 0. The molecule has 50 valence electrons. The average Bonchev–Trinajstić information content (AvgIpc) is 2.36. The number of halogens is 1. The fourth-order valence-corrected chi connectivity index (χ4v) is 1.61. The first-order valence-electron chi connectivity index (χ1n) is 3.15. The number of benzene rings is 1. The van der Waals surface area contributed by atoms with E-state index in [0.29, 0.717) is 0 Å². The smallest absolute Gasteiger partial charge is 0.0657 e. The number of nitrogens with zero attached hydrogens (tertiary/aromatic N) is 1. The summed E-state index contributed by atoms with van der Waals surface area (Å²) in [6.07, 6.45) is 1.92. The Morgan fingerprint density at radius 3 is 3.10 bits per heavy atom. The van der Waals surface area contributed by atoms with E-state index >= 15 is 0 Å². The molecule has 1 aromatic carbocycles. The highest BCUT2D eigenvalue weighted by atomic mass is 79.9. The number of hydrogen-bond acceptors (Lipinski definition) is 1. The maximum Gasteiger partial charge on any atom is 0.0657 e. The predicted molar refractivity (Wildman–Crippen MR) is 45.4 cm³/mol. The molecule has 0 aliphatic carbocycles. The first-order chi connectivity index (χ1) is 4.88. The van der Waals surface area contributed by atoms with Crippen LogP contribution in [0.3, 0.4) is 0 Å². The summed E-state index contributed by atoms with van der Waals surface area (Å²) >= 11 is 3.47. The second-order valence-electron chi connectivity index (χ2n) is 2.28. The van der Waals surface area contributed by atoms with E-state index in [0.717, 1.165) is 6.54 Å². The predicted octanol–water partition coefficient (Wildman–Crippen LogP) is 2.38. The summed E-state index contributed by atoms with van der Waals surface area (Å²) in [5.41, 5.74) is 2.55. The SMILES string of the molecule is Brc1cccc2c1CN=C2. The van der Waals surface area contributed by atoms with Crippen molar-refractivity contribution >= 4 is 22.1 Å². The molecule has 0 amide bonds. The Labute approximate surface area is 67.9 Å². The van der Waals surface area contributed by atoms with Gasteiger partial charge in [0.1, 0.15) is 0 Å². The quantitative estimate of drug-likeness (QED) is 0.604. The zero-order valence-electron chi connectivity index (χ0n) is 5.34. The molecule has 2 rings (SSSR count). The highest BCUT2D eigenvalue weighted by Crippen LogP contribution is 2.23. The second kappa shape index (κ2) is 2.20. The van der Waals surface area contributed by atoms with Gasteiger partial charge in [-0.1, -0.05) is 28.1 Å². The normalized spacial score (nSPS) is 13.7. The molecule has 0 radical (unpaired) electrons. The Hall–Kier alpha value is -0.630. The van der Waals surface area contributed by atoms with Crippen LogP contribution >= 0.6 is 15.9 Å². The Kier molecular flexibility index (Phi) is 1.34. The van der Waals surface area contributed by atoms with Crippen molar-refractivity contribution in [1.29, 1.82) is 0 Å². The monoisotopic (exact) mass is 195 g/mol. The lowest BCUT2D eigenvalue weighted by molar-refractivity contribution is 1.10. The standard InChI is InChI=1S/C8H6BrN/c9-8-3-1-2-6-4-10-5-7(6)8/h1-4H,5H2. The maximum atomic E-state index is 4.16. The fourth-order valence-electron chi connectivity index (χ4n) is 1.10. The molecule has 1 aliphatic rings. The Bertz CT molecular complexity index is 291. The number of aliphatic imine (C=N–C) groups is 1. The van der Waals surface area contributed by atoms with Crippen LogP contribution in [-0.4, -0.2) is 6.21 Å². The van der Waals surface area contributed by atoms with E-state index in [1.165, 1.54) is 15.6 Å². The molecule has 0 saturated carbocycles. The Balaban J connectivity index is 2.66. The van der Waals surface area contributed by atoms with Crippen LogP contribution in [0.15, 0.2) is 27.7 Å². The molecule has 1 nitrogen and oxygen atoms in total. The molecule has 0 spiro atoms. The van der Waals surface area contributed by atoms with Gasteiger partial charge in [0.25, 0.3) is 0 Å². The van der Waals surface area contributed by atoms with Gasteiger partial charge in [-0.3, -0.25) is 4.99 Å². The van der Waals surface area contributed by atoms with Crippen LogP contribution in [0.5, 0.6) is 0 Å².